The van der Waals surface area contributed by atoms with Crippen molar-refractivity contribution >= 4 is 67.8 Å². The first-order valence-corrected chi connectivity index (χ1v) is 13.5. The number of anilines is 5. The summed E-state index contributed by atoms with van der Waals surface area (Å²) >= 11 is 0. The molecule has 8 rings (SSSR count). The van der Waals surface area contributed by atoms with Crippen LogP contribution in [0.1, 0.15) is 26.3 Å². The molecule has 0 unspecified atom stereocenters. The van der Waals surface area contributed by atoms with Crippen molar-refractivity contribution in [1.29, 1.82) is 0 Å². The van der Waals surface area contributed by atoms with E-state index in [1.54, 1.807) is 12.3 Å². The van der Waals surface area contributed by atoms with Crippen LogP contribution in [-0.4, -0.2) is 23.6 Å². The molecule has 0 atom stereocenters. The van der Waals surface area contributed by atoms with E-state index in [-0.39, 0.29) is 17.1 Å². The maximum atomic E-state index is 13.8. The lowest BCUT2D eigenvalue weighted by atomic mass is 9.93. The fraction of sp³-hybridized carbons (Fsp3) is 0.0278. The molecule has 1 aromatic heterocycles. The average Bonchev–Trinajstić information content (AvgIpc) is 3.27. The number of para-hydroxylation sites is 2. The number of allylic oxidation sites excluding steroid dienone is 1. The van der Waals surface area contributed by atoms with Gasteiger partial charge in [0.25, 0.3) is 0 Å². The molecule has 0 fully saturated rings. The highest BCUT2D eigenvalue weighted by Crippen LogP contribution is 2.49. The molecule has 5 aromatic carbocycles. The maximum Gasteiger partial charge on any atom is 0.198 e. The van der Waals surface area contributed by atoms with Gasteiger partial charge in [-0.2, -0.15) is 0 Å². The molecule has 0 bridgehead atoms. The van der Waals surface area contributed by atoms with Crippen molar-refractivity contribution in [3.63, 3.8) is 0 Å². The Balaban J connectivity index is 1.22. The second-order valence-electron chi connectivity index (χ2n) is 10.4. The largest absolute Gasteiger partial charge is 0.340 e. The molecule has 2 heterocycles. The molecular formula is C36H23N3O2. The number of aromatic nitrogens is 1. The van der Waals surface area contributed by atoms with Crippen LogP contribution in [0, 0.1) is 0 Å². The lowest BCUT2D eigenvalue weighted by Gasteiger charge is -2.37. The summed E-state index contributed by atoms with van der Waals surface area (Å²) < 4.78 is 0. The monoisotopic (exact) mass is 529 g/mol. The summed E-state index contributed by atoms with van der Waals surface area (Å²) in [5, 5.41) is 3.60. The summed E-state index contributed by atoms with van der Waals surface area (Å²) in [6, 6.07) is 35.8. The minimum atomic E-state index is -0.220. The van der Waals surface area contributed by atoms with Crippen LogP contribution in [0.2, 0.25) is 0 Å². The summed E-state index contributed by atoms with van der Waals surface area (Å²) in [7, 11) is 2.05. The van der Waals surface area contributed by atoms with Crippen molar-refractivity contribution in [2.75, 3.05) is 16.8 Å². The van der Waals surface area contributed by atoms with E-state index in [9.17, 15) is 9.59 Å². The predicted octanol–water partition coefficient (Wildman–Crippen LogP) is 8.40. The zero-order valence-corrected chi connectivity index (χ0v) is 22.2. The van der Waals surface area contributed by atoms with Crippen molar-refractivity contribution in [1.82, 2.24) is 4.98 Å². The van der Waals surface area contributed by atoms with Crippen LogP contribution >= 0.6 is 0 Å². The molecule has 0 spiro atoms. The Kier molecular flexibility index (Phi) is 4.97. The molecule has 0 radical (unpaired) electrons. The molecule has 1 aliphatic heterocycles. The number of carbonyl (C=O) groups excluding carboxylic acids is 2. The summed E-state index contributed by atoms with van der Waals surface area (Å²) in [5.41, 5.74) is 6.06. The van der Waals surface area contributed by atoms with E-state index in [1.807, 2.05) is 98.0 Å². The highest BCUT2D eigenvalue weighted by molar-refractivity contribution is 6.47. The summed E-state index contributed by atoms with van der Waals surface area (Å²) in [6.07, 6.45) is 3.52. The molecule has 0 saturated carbocycles. The molecule has 0 amide bonds. The van der Waals surface area contributed by atoms with Gasteiger partial charge in [0.2, 0.25) is 0 Å². The standard InChI is InChI=1S/C36H23N3O2/c1-38-29-13-6-7-14-30(29)39(36-31(38)15-8-20-37-36)23-18-16-22(17-19-23)21-28-34(40)32-26-11-4-2-9-24(26)25-10-3-5-12-27(25)33(32)35(28)41/h2-21H,1H3. The Morgan fingerprint density at radius 3 is 1.76 bits per heavy atom. The normalized spacial score (nSPS) is 13.9. The first-order valence-electron chi connectivity index (χ1n) is 13.5. The SMILES string of the molecule is CN1c2ccccc2N(c2ccc(C=C3C(=O)c4c(c5ccccc5c5ccccc45)C3=O)cc2)c2ncccc21. The topological polar surface area (TPSA) is 53.5 Å². The second kappa shape index (κ2) is 8.73. The van der Waals surface area contributed by atoms with Crippen LogP contribution in [0.4, 0.5) is 28.6 Å². The number of carbonyl (C=O) groups is 2. The number of rotatable bonds is 2. The number of fused-ring (bicyclic) bond motifs is 8. The van der Waals surface area contributed by atoms with E-state index < -0.39 is 0 Å². The molecular weight excluding hydrogens is 506 g/mol. The summed E-state index contributed by atoms with van der Waals surface area (Å²) in [5.74, 6) is 0.402. The quantitative estimate of drug-likeness (QED) is 0.128. The van der Waals surface area contributed by atoms with Gasteiger partial charge in [0.15, 0.2) is 17.4 Å². The third kappa shape index (κ3) is 3.33. The number of ketones is 2. The minimum absolute atomic E-state index is 0.200. The number of nitrogens with zero attached hydrogens (tertiary/aromatic N) is 3. The first kappa shape index (κ1) is 23.3. The van der Waals surface area contributed by atoms with Crippen LogP contribution in [-0.2, 0) is 0 Å². The Morgan fingerprint density at radius 2 is 1.12 bits per heavy atom. The fourth-order valence-corrected chi connectivity index (χ4v) is 6.27. The van der Waals surface area contributed by atoms with Gasteiger partial charge in [-0.1, -0.05) is 72.8 Å². The minimum Gasteiger partial charge on any atom is -0.340 e. The van der Waals surface area contributed by atoms with Crippen LogP contribution in [0.3, 0.4) is 0 Å². The Morgan fingerprint density at radius 1 is 0.585 bits per heavy atom. The third-order valence-corrected chi connectivity index (χ3v) is 8.16. The van der Waals surface area contributed by atoms with E-state index >= 15 is 0 Å². The van der Waals surface area contributed by atoms with Crippen LogP contribution in [0.25, 0.3) is 27.6 Å². The van der Waals surface area contributed by atoms with E-state index in [1.165, 1.54) is 0 Å². The molecule has 1 aliphatic carbocycles. The van der Waals surface area contributed by atoms with Crippen molar-refractivity contribution in [3.05, 3.63) is 138 Å². The maximum absolute atomic E-state index is 13.8. The smallest absolute Gasteiger partial charge is 0.198 e. The van der Waals surface area contributed by atoms with E-state index in [4.69, 9.17) is 4.98 Å². The second-order valence-corrected chi connectivity index (χ2v) is 10.4. The highest BCUT2D eigenvalue weighted by atomic mass is 16.2. The molecule has 194 valence electrons. The zero-order chi connectivity index (χ0) is 27.7. The number of hydrogen-bond acceptors (Lipinski definition) is 5. The van der Waals surface area contributed by atoms with Crippen molar-refractivity contribution in [3.8, 4) is 0 Å². The Labute approximate surface area is 236 Å². The Hall–Kier alpha value is -5.55. The van der Waals surface area contributed by atoms with Gasteiger partial charge in [0.1, 0.15) is 0 Å². The summed E-state index contributed by atoms with van der Waals surface area (Å²) in [6.45, 7) is 0. The van der Waals surface area contributed by atoms with Gasteiger partial charge in [-0.25, -0.2) is 4.98 Å². The zero-order valence-electron chi connectivity index (χ0n) is 22.2. The van der Waals surface area contributed by atoms with Gasteiger partial charge >= 0.3 is 0 Å². The van der Waals surface area contributed by atoms with Gasteiger partial charge in [-0.3, -0.25) is 14.5 Å². The Bertz CT molecular complexity index is 1990. The van der Waals surface area contributed by atoms with Crippen LogP contribution in [0.5, 0.6) is 0 Å². The summed E-state index contributed by atoms with van der Waals surface area (Å²) in [4.78, 5) is 36.6. The van der Waals surface area contributed by atoms with Crippen molar-refractivity contribution in [2.45, 2.75) is 0 Å². The number of pyridine rings is 1. The lowest BCUT2D eigenvalue weighted by molar-refractivity contribution is 0.0991. The average molecular weight is 530 g/mol. The molecule has 41 heavy (non-hydrogen) atoms. The highest BCUT2D eigenvalue weighted by Gasteiger charge is 2.36. The molecule has 5 heteroatoms. The molecule has 5 nitrogen and oxygen atoms in total. The van der Waals surface area contributed by atoms with Gasteiger partial charge in [0.05, 0.1) is 22.6 Å². The van der Waals surface area contributed by atoms with Gasteiger partial charge in [0, 0.05) is 30.1 Å². The number of benzene rings is 5. The van der Waals surface area contributed by atoms with Gasteiger partial charge in [-0.05, 0) is 69.6 Å². The predicted molar refractivity (Wildman–Crippen MR) is 165 cm³/mol. The molecule has 6 aromatic rings. The van der Waals surface area contributed by atoms with E-state index in [2.05, 4.69) is 28.0 Å². The molecule has 2 aliphatic rings. The van der Waals surface area contributed by atoms with Crippen molar-refractivity contribution in [2.24, 2.45) is 0 Å². The van der Waals surface area contributed by atoms with Crippen LogP contribution in [0.15, 0.2) is 121 Å². The van der Waals surface area contributed by atoms with Crippen molar-refractivity contribution < 1.29 is 9.59 Å². The molecule has 0 saturated heterocycles. The molecule has 0 N–H and O–H groups in total. The fourth-order valence-electron chi connectivity index (χ4n) is 6.27. The number of Topliss-reactive ketones (excluding diaryl/α,β-unsaturated/α-hetero) is 2. The lowest BCUT2D eigenvalue weighted by Crippen LogP contribution is -2.24. The van der Waals surface area contributed by atoms with Gasteiger partial charge in [-0.15, -0.1) is 0 Å². The third-order valence-electron chi connectivity index (χ3n) is 8.16. The van der Waals surface area contributed by atoms with E-state index in [0.717, 1.165) is 55.7 Å². The van der Waals surface area contributed by atoms with E-state index in [0.29, 0.717) is 11.1 Å². The first-order chi connectivity index (χ1) is 20.1. The number of hydrogen-bond donors (Lipinski definition) is 0. The van der Waals surface area contributed by atoms with Gasteiger partial charge < -0.3 is 4.90 Å². The van der Waals surface area contributed by atoms with Crippen LogP contribution < -0.4 is 9.80 Å².